The van der Waals surface area contributed by atoms with Crippen molar-refractivity contribution in [3.05, 3.63) is 54.1 Å². The number of fused-ring (bicyclic) bond motifs is 3. The molecule has 1 atom stereocenters. The predicted molar refractivity (Wildman–Crippen MR) is 99.4 cm³/mol. The normalized spacial score (nSPS) is 20.7. The molecule has 4 rings (SSSR count). The lowest BCUT2D eigenvalue weighted by Gasteiger charge is -2.28. The van der Waals surface area contributed by atoms with E-state index in [1.807, 2.05) is 55.5 Å². The molecular weight excluding hydrogens is 350 g/mol. The van der Waals surface area contributed by atoms with Gasteiger partial charge in [-0.05, 0) is 30.7 Å². The molecule has 0 bridgehead atoms. The van der Waals surface area contributed by atoms with Crippen molar-refractivity contribution in [3.8, 4) is 5.75 Å². The standard InChI is InChI=1S/C20H19NO4S/c1-14-6-2-4-8-16(14)24-12-13-25-19(23)20-11-10-18(22)21(20)15-7-3-5-9-17(15)26-20/h2-9H,10-13H2,1H3/t20-/m0/s1. The Hall–Kier alpha value is -2.47. The van der Waals surface area contributed by atoms with Crippen LogP contribution in [-0.4, -0.2) is 30.0 Å². The molecule has 0 N–H and O–H groups in total. The Morgan fingerprint density at radius 1 is 1.15 bits per heavy atom. The molecule has 1 fully saturated rings. The largest absolute Gasteiger partial charge is 0.490 e. The number of nitrogens with zero attached hydrogens (tertiary/aromatic N) is 1. The fourth-order valence-electron chi connectivity index (χ4n) is 3.39. The Morgan fingerprint density at radius 2 is 1.92 bits per heavy atom. The zero-order valence-electron chi connectivity index (χ0n) is 14.4. The molecule has 0 aliphatic carbocycles. The van der Waals surface area contributed by atoms with Gasteiger partial charge < -0.3 is 9.47 Å². The highest BCUT2D eigenvalue weighted by Crippen LogP contribution is 2.56. The lowest BCUT2D eigenvalue weighted by Crippen LogP contribution is -2.48. The number of hydrogen-bond acceptors (Lipinski definition) is 5. The highest BCUT2D eigenvalue weighted by atomic mass is 32.2. The summed E-state index contributed by atoms with van der Waals surface area (Å²) in [6, 6.07) is 15.3. The molecule has 2 heterocycles. The van der Waals surface area contributed by atoms with Gasteiger partial charge in [-0.15, -0.1) is 0 Å². The van der Waals surface area contributed by atoms with Gasteiger partial charge in [-0.3, -0.25) is 9.69 Å². The number of thioether (sulfide) groups is 1. The second-order valence-electron chi connectivity index (χ2n) is 6.33. The number of rotatable bonds is 5. The van der Waals surface area contributed by atoms with Crippen molar-refractivity contribution in [1.82, 2.24) is 0 Å². The van der Waals surface area contributed by atoms with Crippen molar-refractivity contribution in [3.63, 3.8) is 0 Å². The first-order chi connectivity index (χ1) is 12.6. The molecule has 0 unspecified atom stereocenters. The Balaban J connectivity index is 1.42. The SMILES string of the molecule is Cc1ccccc1OCCOC(=O)[C@@]12CCC(=O)N1c1ccccc1S2. The number of hydrogen-bond donors (Lipinski definition) is 0. The maximum Gasteiger partial charge on any atom is 0.343 e. The summed E-state index contributed by atoms with van der Waals surface area (Å²) in [5.74, 6) is 0.371. The summed E-state index contributed by atoms with van der Waals surface area (Å²) in [5, 5.41) is 0. The molecule has 134 valence electrons. The van der Waals surface area contributed by atoms with Gasteiger partial charge in [0.2, 0.25) is 5.91 Å². The first-order valence-corrected chi connectivity index (χ1v) is 9.40. The minimum atomic E-state index is -0.969. The van der Waals surface area contributed by atoms with Gasteiger partial charge in [0.15, 0.2) is 4.87 Å². The van der Waals surface area contributed by atoms with Crippen molar-refractivity contribution in [2.45, 2.75) is 29.5 Å². The third-order valence-electron chi connectivity index (χ3n) is 4.66. The Bertz CT molecular complexity index is 868. The van der Waals surface area contributed by atoms with Crippen LogP contribution in [0.4, 0.5) is 5.69 Å². The van der Waals surface area contributed by atoms with Crippen LogP contribution < -0.4 is 9.64 Å². The number of esters is 1. The topological polar surface area (TPSA) is 55.8 Å². The highest BCUT2D eigenvalue weighted by molar-refractivity contribution is 8.02. The van der Waals surface area contributed by atoms with Crippen LogP contribution in [-0.2, 0) is 14.3 Å². The maximum atomic E-state index is 12.8. The highest BCUT2D eigenvalue weighted by Gasteiger charge is 2.58. The molecule has 5 nitrogen and oxygen atoms in total. The Morgan fingerprint density at radius 3 is 2.77 bits per heavy atom. The quantitative estimate of drug-likeness (QED) is 0.596. The molecule has 2 aliphatic heterocycles. The van der Waals surface area contributed by atoms with E-state index >= 15 is 0 Å². The molecule has 0 radical (unpaired) electrons. The van der Waals surface area contributed by atoms with Crippen LogP contribution in [0.5, 0.6) is 5.75 Å². The predicted octanol–water partition coefficient (Wildman–Crippen LogP) is 3.55. The van der Waals surface area contributed by atoms with E-state index in [1.165, 1.54) is 11.8 Å². The molecule has 26 heavy (non-hydrogen) atoms. The molecule has 6 heteroatoms. The summed E-state index contributed by atoms with van der Waals surface area (Å²) in [5.41, 5.74) is 1.83. The van der Waals surface area contributed by atoms with Crippen LogP contribution in [0.3, 0.4) is 0 Å². The Kier molecular flexibility index (Phi) is 4.36. The van der Waals surface area contributed by atoms with Crippen LogP contribution in [0.25, 0.3) is 0 Å². The van der Waals surface area contributed by atoms with E-state index in [-0.39, 0.29) is 25.1 Å². The van der Waals surface area contributed by atoms with E-state index in [0.717, 1.165) is 21.9 Å². The molecule has 2 aliphatic rings. The first-order valence-electron chi connectivity index (χ1n) is 8.58. The van der Waals surface area contributed by atoms with E-state index in [0.29, 0.717) is 12.8 Å². The number of amides is 1. The van der Waals surface area contributed by atoms with Gasteiger partial charge in [0, 0.05) is 17.7 Å². The second-order valence-corrected chi connectivity index (χ2v) is 7.65. The number of carbonyl (C=O) groups excluding carboxylic acids is 2. The van der Waals surface area contributed by atoms with Gasteiger partial charge in [-0.1, -0.05) is 42.1 Å². The van der Waals surface area contributed by atoms with Gasteiger partial charge >= 0.3 is 5.97 Å². The van der Waals surface area contributed by atoms with Crippen molar-refractivity contribution in [1.29, 1.82) is 0 Å². The van der Waals surface area contributed by atoms with Gasteiger partial charge in [-0.25, -0.2) is 4.79 Å². The third kappa shape index (κ3) is 2.74. The fourth-order valence-corrected chi connectivity index (χ4v) is 4.80. The molecule has 1 amide bonds. The van der Waals surface area contributed by atoms with Crippen LogP contribution in [0, 0.1) is 6.92 Å². The zero-order chi connectivity index (χ0) is 18.1. The fraction of sp³-hybridized carbons (Fsp3) is 0.300. The summed E-state index contributed by atoms with van der Waals surface area (Å²) >= 11 is 1.41. The van der Waals surface area contributed by atoms with Crippen molar-refractivity contribution in [2.75, 3.05) is 18.1 Å². The smallest absolute Gasteiger partial charge is 0.343 e. The number of aryl methyl sites for hydroxylation is 1. The second kappa shape index (κ2) is 6.68. The minimum Gasteiger partial charge on any atom is -0.490 e. The lowest BCUT2D eigenvalue weighted by atomic mass is 10.2. The van der Waals surface area contributed by atoms with E-state index in [2.05, 4.69) is 0 Å². The molecule has 0 spiro atoms. The monoisotopic (exact) mass is 369 g/mol. The van der Waals surface area contributed by atoms with Crippen LogP contribution >= 0.6 is 11.8 Å². The summed E-state index contributed by atoms with van der Waals surface area (Å²) in [7, 11) is 0. The van der Waals surface area contributed by atoms with Gasteiger partial charge in [0.25, 0.3) is 0 Å². The number of anilines is 1. The summed E-state index contributed by atoms with van der Waals surface area (Å²) in [6.45, 7) is 2.39. The van der Waals surface area contributed by atoms with Crippen molar-refractivity contribution < 1.29 is 19.1 Å². The molecular formula is C20H19NO4S. The summed E-state index contributed by atoms with van der Waals surface area (Å²) in [4.78, 5) is 26.8. The van der Waals surface area contributed by atoms with Crippen LogP contribution in [0.15, 0.2) is 53.4 Å². The number of carbonyl (C=O) groups is 2. The number of benzene rings is 2. The van der Waals surface area contributed by atoms with Gasteiger partial charge in [-0.2, -0.15) is 0 Å². The van der Waals surface area contributed by atoms with E-state index in [1.54, 1.807) is 4.90 Å². The molecule has 2 aromatic carbocycles. The average Bonchev–Trinajstić information content (AvgIpc) is 3.16. The van der Waals surface area contributed by atoms with Crippen LogP contribution in [0.2, 0.25) is 0 Å². The van der Waals surface area contributed by atoms with Gasteiger partial charge in [0.05, 0.1) is 5.69 Å². The molecule has 0 saturated carbocycles. The lowest BCUT2D eigenvalue weighted by molar-refractivity contribution is -0.147. The summed E-state index contributed by atoms with van der Waals surface area (Å²) < 4.78 is 11.2. The summed E-state index contributed by atoms with van der Waals surface area (Å²) in [6.07, 6.45) is 0.818. The van der Waals surface area contributed by atoms with Crippen molar-refractivity contribution in [2.24, 2.45) is 0 Å². The van der Waals surface area contributed by atoms with Gasteiger partial charge in [0.1, 0.15) is 19.0 Å². The van der Waals surface area contributed by atoms with E-state index in [4.69, 9.17) is 9.47 Å². The molecule has 1 saturated heterocycles. The van der Waals surface area contributed by atoms with Crippen molar-refractivity contribution >= 4 is 29.3 Å². The first kappa shape index (κ1) is 17.0. The third-order valence-corrected chi connectivity index (χ3v) is 6.12. The molecule has 2 aromatic rings. The van der Waals surface area contributed by atoms with E-state index in [9.17, 15) is 9.59 Å². The number of para-hydroxylation sites is 2. The van der Waals surface area contributed by atoms with E-state index < -0.39 is 4.87 Å². The minimum absolute atomic E-state index is 0.0319. The average molecular weight is 369 g/mol. The Labute approximate surface area is 156 Å². The molecule has 0 aromatic heterocycles. The maximum absolute atomic E-state index is 12.8. The zero-order valence-corrected chi connectivity index (χ0v) is 15.3. The number of ether oxygens (including phenoxy) is 2. The van der Waals surface area contributed by atoms with Crippen LogP contribution in [0.1, 0.15) is 18.4 Å².